The standard InChI is InChI=1S/C15H19NO5/c1-20-6-7-21-10-14(17)16-8-11-4-2-3-5-12(11)13(9-16)15(18)19/h2-5,13H,6-10H2,1H3,(H,18,19). The first kappa shape index (κ1) is 15.5. The van der Waals surface area contributed by atoms with Crippen molar-refractivity contribution in [3.63, 3.8) is 0 Å². The van der Waals surface area contributed by atoms with Gasteiger partial charge in [-0.3, -0.25) is 9.59 Å². The lowest BCUT2D eigenvalue weighted by atomic mass is 9.90. The molecule has 1 aliphatic rings. The van der Waals surface area contributed by atoms with Crippen LogP contribution in [0, 0.1) is 0 Å². The summed E-state index contributed by atoms with van der Waals surface area (Å²) in [6.07, 6.45) is 0. The highest BCUT2D eigenvalue weighted by molar-refractivity contribution is 5.82. The monoisotopic (exact) mass is 293 g/mol. The molecular formula is C15H19NO5. The Morgan fingerprint density at radius 1 is 1.33 bits per heavy atom. The molecule has 1 atom stereocenters. The number of carbonyl (C=O) groups is 2. The fourth-order valence-electron chi connectivity index (χ4n) is 2.40. The maximum Gasteiger partial charge on any atom is 0.312 e. The number of carbonyl (C=O) groups excluding carboxylic acids is 1. The number of amides is 1. The second-order valence-corrected chi connectivity index (χ2v) is 4.91. The highest BCUT2D eigenvalue weighted by Crippen LogP contribution is 2.28. The van der Waals surface area contributed by atoms with Gasteiger partial charge in [0, 0.05) is 20.2 Å². The van der Waals surface area contributed by atoms with Gasteiger partial charge < -0.3 is 19.5 Å². The van der Waals surface area contributed by atoms with Crippen LogP contribution in [-0.2, 0) is 25.6 Å². The second-order valence-electron chi connectivity index (χ2n) is 4.91. The Morgan fingerprint density at radius 2 is 2.10 bits per heavy atom. The maximum absolute atomic E-state index is 12.1. The average molecular weight is 293 g/mol. The number of rotatable bonds is 6. The number of methoxy groups -OCH3 is 1. The van der Waals surface area contributed by atoms with Gasteiger partial charge in [0.2, 0.25) is 5.91 Å². The van der Waals surface area contributed by atoms with E-state index in [-0.39, 0.29) is 19.1 Å². The molecule has 114 valence electrons. The molecule has 6 heteroatoms. The number of fused-ring (bicyclic) bond motifs is 1. The van der Waals surface area contributed by atoms with Gasteiger partial charge in [0.1, 0.15) is 6.61 Å². The Bertz CT molecular complexity index is 517. The van der Waals surface area contributed by atoms with Gasteiger partial charge in [-0.25, -0.2) is 0 Å². The van der Waals surface area contributed by atoms with E-state index in [2.05, 4.69) is 0 Å². The van der Waals surface area contributed by atoms with E-state index in [4.69, 9.17) is 9.47 Å². The molecule has 21 heavy (non-hydrogen) atoms. The number of benzene rings is 1. The van der Waals surface area contributed by atoms with Gasteiger partial charge in [0.25, 0.3) is 0 Å². The fourth-order valence-corrected chi connectivity index (χ4v) is 2.40. The van der Waals surface area contributed by atoms with E-state index in [9.17, 15) is 14.7 Å². The van der Waals surface area contributed by atoms with Crippen molar-refractivity contribution in [2.45, 2.75) is 12.5 Å². The number of aliphatic carboxylic acids is 1. The molecule has 0 fully saturated rings. The van der Waals surface area contributed by atoms with Crippen molar-refractivity contribution in [2.24, 2.45) is 0 Å². The number of hydrogen-bond donors (Lipinski definition) is 1. The molecule has 0 spiro atoms. The third-order valence-electron chi connectivity index (χ3n) is 3.50. The zero-order chi connectivity index (χ0) is 15.2. The Morgan fingerprint density at radius 3 is 2.81 bits per heavy atom. The first-order chi connectivity index (χ1) is 10.1. The van der Waals surface area contributed by atoms with Gasteiger partial charge in [-0.2, -0.15) is 0 Å². The predicted molar refractivity (Wildman–Crippen MR) is 74.9 cm³/mol. The maximum atomic E-state index is 12.1. The lowest BCUT2D eigenvalue weighted by molar-refractivity contribution is -0.143. The topological polar surface area (TPSA) is 76.1 Å². The smallest absolute Gasteiger partial charge is 0.312 e. The van der Waals surface area contributed by atoms with Crippen molar-refractivity contribution in [2.75, 3.05) is 33.5 Å². The van der Waals surface area contributed by atoms with Gasteiger partial charge in [-0.1, -0.05) is 24.3 Å². The number of carboxylic acids is 1. The zero-order valence-corrected chi connectivity index (χ0v) is 11.9. The van der Waals surface area contributed by atoms with Crippen molar-refractivity contribution < 1.29 is 24.2 Å². The van der Waals surface area contributed by atoms with E-state index < -0.39 is 11.9 Å². The van der Waals surface area contributed by atoms with Gasteiger partial charge in [-0.15, -0.1) is 0 Å². The Kier molecular flexibility index (Phi) is 5.30. The van der Waals surface area contributed by atoms with Crippen LogP contribution in [0.1, 0.15) is 17.0 Å². The van der Waals surface area contributed by atoms with Gasteiger partial charge in [0.15, 0.2) is 0 Å². The number of nitrogens with zero attached hydrogens (tertiary/aromatic N) is 1. The van der Waals surface area contributed by atoms with Crippen LogP contribution in [0.3, 0.4) is 0 Å². The molecule has 1 N–H and O–H groups in total. The second kappa shape index (κ2) is 7.19. The summed E-state index contributed by atoms with van der Waals surface area (Å²) in [6.45, 7) is 1.31. The molecule has 0 saturated carbocycles. The van der Waals surface area contributed by atoms with Crippen molar-refractivity contribution in [1.29, 1.82) is 0 Å². The minimum absolute atomic E-state index is 0.0577. The van der Waals surface area contributed by atoms with E-state index in [0.29, 0.717) is 19.8 Å². The van der Waals surface area contributed by atoms with Crippen LogP contribution in [0.25, 0.3) is 0 Å². The third-order valence-corrected chi connectivity index (χ3v) is 3.50. The lowest BCUT2D eigenvalue weighted by Gasteiger charge is -2.32. The van der Waals surface area contributed by atoms with Crippen LogP contribution in [0.2, 0.25) is 0 Å². The summed E-state index contributed by atoms with van der Waals surface area (Å²) in [5.41, 5.74) is 1.66. The molecule has 0 aliphatic carbocycles. The molecule has 0 radical (unpaired) electrons. The van der Waals surface area contributed by atoms with Crippen LogP contribution >= 0.6 is 0 Å². The van der Waals surface area contributed by atoms with Crippen molar-refractivity contribution in [3.8, 4) is 0 Å². The lowest BCUT2D eigenvalue weighted by Crippen LogP contribution is -2.42. The van der Waals surface area contributed by atoms with E-state index in [0.717, 1.165) is 11.1 Å². The molecule has 1 aromatic rings. The molecule has 0 saturated heterocycles. The molecule has 2 rings (SSSR count). The predicted octanol–water partition coefficient (Wildman–Crippen LogP) is 0.860. The van der Waals surface area contributed by atoms with Gasteiger partial charge in [-0.05, 0) is 11.1 Å². The average Bonchev–Trinajstić information content (AvgIpc) is 2.50. The fraction of sp³-hybridized carbons (Fsp3) is 0.467. The molecule has 0 bridgehead atoms. The minimum atomic E-state index is -0.916. The number of carboxylic acid groups (broad SMARTS) is 1. The van der Waals surface area contributed by atoms with Crippen molar-refractivity contribution in [1.82, 2.24) is 4.90 Å². The highest BCUT2D eigenvalue weighted by atomic mass is 16.5. The summed E-state index contributed by atoms with van der Waals surface area (Å²) in [6, 6.07) is 7.34. The first-order valence-corrected chi connectivity index (χ1v) is 6.78. The SMILES string of the molecule is COCCOCC(=O)N1Cc2ccccc2C(C(=O)O)C1. The van der Waals surface area contributed by atoms with Crippen LogP contribution in [0.5, 0.6) is 0 Å². The van der Waals surface area contributed by atoms with Gasteiger partial charge >= 0.3 is 5.97 Å². The summed E-state index contributed by atoms with van der Waals surface area (Å²) in [5.74, 6) is -1.80. The Balaban J connectivity index is 2.03. The zero-order valence-electron chi connectivity index (χ0n) is 11.9. The van der Waals surface area contributed by atoms with Crippen molar-refractivity contribution >= 4 is 11.9 Å². The molecule has 1 aromatic carbocycles. The number of ether oxygens (including phenoxy) is 2. The Hall–Kier alpha value is -1.92. The van der Waals surface area contributed by atoms with Crippen molar-refractivity contribution in [3.05, 3.63) is 35.4 Å². The van der Waals surface area contributed by atoms with Crippen LogP contribution in [-0.4, -0.2) is 55.4 Å². The normalized spacial score (nSPS) is 17.4. The third kappa shape index (κ3) is 3.80. The highest BCUT2D eigenvalue weighted by Gasteiger charge is 2.32. The summed E-state index contributed by atoms with van der Waals surface area (Å²) in [5, 5.41) is 9.34. The summed E-state index contributed by atoms with van der Waals surface area (Å²) in [4.78, 5) is 25.0. The van der Waals surface area contributed by atoms with Gasteiger partial charge in [0.05, 0.1) is 19.1 Å². The molecule has 0 aromatic heterocycles. The van der Waals surface area contributed by atoms with E-state index >= 15 is 0 Å². The molecule has 6 nitrogen and oxygen atoms in total. The molecule has 1 amide bonds. The summed E-state index contributed by atoms with van der Waals surface area (Å²) in [7, 11) is 1.56. The summed E-state index contributed by atoms with van der Waals surface area (Å²) >= 11 is 0. The largest absolute Gasteiger partial charge is 0.481 e. The quantitative estimate of drug-likeness (QED) is 0.787. The first-order valence-electron chi connectivity index (χ1n) is 6.78. The van der Waals surface area contributed by atoms with Crippen LogP contribution < -0.4 is 0 Å². The van der Waals surface area contributed by atoms with Crippen LogP contribution in [0.4, 0.5) is 0 Å². The van der Waals surface area contributed by atoms with E-state index in [1.807, 2.05) is 24.3 Å². The molecule has 1 heterocycles. The molecular weight excluding hydrogens is 274 g/mol. The molecule has 1 aliphatic heterocycles. The van der Waals surface area contributed by atoms with E-state index in [1.165, 1.54) is 4.90 Å². The van der Waals surface area contributed by atoms with E-state index in [1.54, 1.807) is 7.11 Å². The summed E-state index contributed by atoms with van der Waals surface area (Å²) < 4.78 is 10.0. The number of hydrogen-bond acceptors (Lipinski definition) is 4. The Labute approximate surface area is 123 Å². The van der Waals surface area contributed by atoms with Crippen LogP contribution in [0.15, 0.2) is 24.3 Å². The minimum Gasteiger partial charge on any atom is -0.481 e. The molecule has 1 unspecified atom stereocenters.